The van der Waals surface area contributed by atoms with E-state index in [0.29, 0.717) is 21.9 Å². The van der Waals surface area contributed by atoms with Crippen LogP contribution in [0.15, 0.2) is 41.5 Å². The van der Waals surface area contributed by atoms with Crippen molar-refractivity contribution in [1.82, 2.24) is 19.4 Å². The first-order valence-corrected chi connectivity index (χ1v) is 6.11. The molecule has 3 aromatic heterocycles. The van der Waals surface area contributed by atoms with Gasteiger partial charge in [0.05, 0.1) is 6.20 Å². The Morgan fingerprint density at radius 2 is 2.17 bits per heavy atom. The van der Waals surface area contributed by atoms with Crippen LogP contribution < -0.4 is 4.74 Å². The standard InChI is InChI=1S/C12H9BrN4O/c1-8-2-3-9(6-15-8)18-12-11-14-4-5-17(11)7-10(13)16-12/h2-7H,1H3. The molecule has 0 saturated heterocycles. The third-order valence-electron chi connectivity index (χ3n) is 2.41. The van der Waals surface area contributed by atoms with Crippen molar-refractivity contribution in [2.45, 2.75) is 6.92 Å². The number of aryl methyl sites for hydroxylation is 1. The van der Waals surface area contributed by atoms with Crippen LogP contribution in [0.25, 0.3) is 5.65 Å². The molecular weight excluding hydrogens is 296 g/mol. The molecule has 0 aliphatic carbocycles. The second kappa shape index (κ2) is 4.38. The number of imidazole rings is 1. The number of pyridine rings is 1. The first-order chi connectivity index (χ1) is 8.72. The zero-order valence-electron chi connectivity index (χ0n) is 9.54. The van der Waals surface area contributed by atoms with Crippen LogP contribution in [-0.4, -0.2) is 19.4 Å². The van der Waals surface area contributed by atoms with Crippen molar-refractivity contribution in [2.24, 2.45) is 0 Å². The second-order valence-corrected chi connectivity index (χ2v) is 4.58. The number of ether oxygens (including phenoxy) is 1. The smallest absolute Gasteiger partial charge is 0.265 e. The summed E-state index contributed by atoms with van der Waals surface area (Å²) in [6.07, 6.45) is 7.02. The molecule has 0 N–H and O–H groups in total. The molecule has 0 radical (unpaired) electrons. The fraction of sp³-hybridized carbons (Fsp3) is 0.0833. The van der Waals surface area contributed by atoms with Gasteiger partial charge in [0.25, 0.3) is 5.88 Å². The van der Waals surface area contributed by atoms with E-state index >= 15 is 0 Å². The summed E-state index contributed by atoms with van der Waals surface area (Å²) in [5.74, 6) is 1.08. The maximum Gasteiger partial charge on any atom is 0.265 e. The summed E-state index contributed by atoms with van der Waals surface area (Å²) < 4.78 is 8.22. The van der Waals surface area contributed by atoms with E-state index in [2.05, 4.69) is 30.9 Å². The maximum absolute atomic E-state index is 5.70. The molecule has 0 aliphatic heterocycles. The molecule has 0 amide bonds. The van der Waals surface area contributed by atoms with E-state index in [1.54, 1.807) is 12.4 Å². The van der Waals surface area contributed by atoms with Crippen molar-refractivity contribution in [3.63, 3.8) is 0 Å². The van der Waals surface area contributed by atoms with Crippen molar-refractivity contribution in [3.8, 4) is 11.6 Å². The van der Waals surface area contributed by atoms with Gasteiger partial charge in [-0.05, 0) is 35.0 Å². The summed E-state index contributed by atoms with van der Waals surface area (Å²) in [6.45, 7) is 1.92. The fourth-order valence-corrected chi connectivity index (χ4v) is 1.95. The largest absolute Gasteiger partial charge is 0.434 e. The Hall–Kier alpha value is -1.95. The highest BCUT2D eigenvalue weighted by Crippen LogP contribution is 2.24. The topological polar surface area (TPSA) is 52.3 Å². The lowest BCUT2D eigenvalue weighted by Gasteiger charge is -2.06. The Morgan fingerprint density at radius 1 is 1.28 bits per heavy atom. The molecule has 0 aliphatic rings. The highest BCUT2D eigenvalue weighted by atomic mass is 79.9. The molecular formula is C12H9BrN4O. The van der Waals surface area contributed by atoms with Crippen LogP contribution in [-0.2, 0) is 0 Å². The van der Waals surface area contributed by atoms with Gasteiger partial charge in [-0.2, -0.15) is 0 Å². The molecule has 0 spiro atoms. The maximum atomic E-state index is 5.70. The molecule has 0 saturated carbocycles. The van der Waals surface area contributed by atoms with Crippen LogP contribution in [0, 0.1) is 6.92 Å². The lowest BCUT2D eigenvalue weighted by atomic mass is 10.4. The summed E-state index contributed by atoms with van der Waals surface area (Å²) in [7, 11) is 0. The quantitative estimate of drug-likeness (QED) is 0.730. The number of hydrogen-bond acceptors (Lipinski definition) is 4. The van der Waals surface area contributed by atoms with E-state index in [9.17, 15) is 0 Å². The molecule has 0 bridgehead atoms. The van der Waals surface area contributed by atoms with E-state index in [4.69, 9.17) is 4.74 Å². The van der Waals surface area contributed by atoms with Crippen LogP contribution >= 0.6 is 15.9 Å². The first kappa shape index (κ1) is 11.2. The second-order valence-electron chi connectivity index (χ2n) is 3.76. The van der Waals surface area contributed by atoms with Gasteiger partial charge in [-0.15, -0.1) is 0 Å². The van der Waals surface area contributed by atoms with Gasteiger partial charge in [-0.25, -0.2) is 9.97 Å². The van der Waals surface area contributed by atoms with Crippen molar-refractivity contribution < 1.29 is 4.74 Å². The Bertz CT molecular complexity index is 693. The van der Waals surface area contributed by atoms with E-state index < -0.39 is 0 Å². The SMILES string of the molecule is Cc1ccc(Oc2nc(Br)cn3ccnc23)cn1. The van der Waals surface area contributed by atoms with Gasteiger partial charge in [0.2, 0.25) is 5.65 Å². The average molecular weight is 305 g/mol. The van der Waals surface area contributed by atoms with E-state index in [-0.39, 0.29) is 0 Å². The number of hydrogen-bond donors (Lipinski definition) is 0. The molecule has 3 aromatic rings. The molecule has 90 valence electrons. The predicted molar refractivity (Wildman–Crippen MR) is 69.7 cm³/mol. The monoisotopic (exact) mass is 304 g/mol. The van der Waals surface area contributed by atoms with Crippen LogP contribution in [0.3, 0.4) is 0 Å². The molecule has 3 heterocycles. The minimum atomic E-state index is 0.444. The van der Waals surface area contributed by atoms with E-state index in [0.717, 1.165) is 5.69 Å². The molecule has 3 rings (SSSR count). The highest BCUT2D eigenvalue weighted by molar-refractivity contribution is 9.10. The Balaban J connectivity index is 2.03. The van der Waals surface area contributed by atoms with Gasteiger partial charge in [-0.1, -0.05) is 0 Å². The van der Waals surface area contributed by atoms with E-state index in [1.165, 1.54) is 0 Å². The Labute approximate surface area is 112 Å². The fourth-order valence-electron chi connectivity index (χ4n) is 1.57. The van der Waals surface area contributed by atoms with Crippen LogP contribution in [0.2, 0.25) is 0 Å². The van der Waals surface area contributed by atoms with Crippen molar-refractivity contribution in [2.75, 3.05) is 0 Å². The summed E-state index contributed by atoms with van der Waals surface area (Å²) in [5.41, 5.74) is 1.61. The minimum absolute atomic E-state index is 0.444. The van der Waals surface area contributed by atoms with Gasteiger partial charge in [0, 0.05) is 24.3 Å². The third kappa shape index (κ3) is 2.06. The Kier molecular flexibility index (Phi) is 2.71. The van der Waals surface area contributed by atoms with Crippen LogP contribution in [0.1, 0.15) is 5.69 Å². The highest BCUT2D eigenvalue weighted by Gasteiger charge is 2.08. The summed E-state index contributed by atoms with van der Waals surface area (Å²) >= 11 is 3.34. The summed E-state index contributed by atoms with van der Waals surface area (Å²) in [4.78, 5) is 12.7. The normalized spacial score (nSPS) is 10.8. The van der Waals surface area contributed by atoms with Gasteiger partial charge in [-0.3, -0.25) is 9.38 Å². The number of rotatable bonds is 2. The van der Waals surface area contributed by atoms with Gasteiger partial charge in [0.15, 0.2) is 0 Å². The molecule has 0 unspecified atom stereocenters. The Morgan fingerprint density at radius 3 is 2.94 bits per heavy atom. The van der Waals surface area contributed by atoms with Crippen molar-refractivity contribution in [1.29, 1.82) is 0 Å². The number of halogens is 1. The lowest BCUT2D eigenvalue weighted by Crippen LogP contribution is -1.95. The molecule has 6 heteroatoms. The predicted octanol–water partition coefficient (Wildman–Crippen LogP) is 2.99. The van der Waals surface area contributed by atoms with Gasteiger partial charge < -0.3 is 4.74 Å². The number of aromatic nitrogens is 4. The average Bonchev–Trinajstić information content (AvgIpc) is 2.80. The third-order valence-corrected chi connectivity index (χ3v) is 2.79. The zero-order valence-corrected chi connectivity index (χ0v) is 11.1. The lowest BCUT2D eigenvalue weighted by molar-refractivity contribution is 0.461. The summed E-state index contributed by atoms with van der Waals surface area (Å²) in [5, 5.41) is 0. The minimum Gasteiger partial charge on any atom is -0.434 e. The van der Waals surface area contributed by atoms with Gasteiger partial charge >= 0.3 is 0 Å². The first-order valence-electron chi connectivity index (χ1n) is 5.32. The summed E-state index contributed by atoms with van der Waals surface area (Å²) in [6, 6.07) is 3.74. The van der Waals surface area contributed by atoms with Gasteiger partial charge in [0.1, 0.15) is 10.4 Å². The van der Waals surface area contributed by atoms with E-state index in [1.807, 2.05) is 35.9 Å². The van der Waals surface area contributed by atoms with Crippen LogP contribution in [0.5, 0.6) is 11.6 Å². The molecule has 18 heavy (non-hydrogen) atoms. The zero-order chi connectivity index (χ0) is 12.5. The number of fused-ring (bicyclic) bond motifs is 1. The molecule has 0 fully saturated rings. The number of nitrogens with zero attached hydrogens (tertiary/aromatic N) is 4. The van der Waals surface area contributed by atoms with Crippen molar-refractivity contribution >= 4 is 21.6 Å². The van der Waals surface area contributed by atoms with Crippen molar-refractivity contribution in [3.05, 3.63) is 47.2 Å². The molecule has 5 nitrogen and oxygen atoms in total. The molecule has 0 aromatic carbocycles. The van der Waals surface area contributed by atoms with Crippen LogP contribution in [0.4, 0.5) is 0 Å². The molecule has 0 atom stereocenters.